The molecule has 0 radical (unpaired) electrons. The summed E-state index contributed by atoms with van der Waals surface area (Å²) in [6, 6.07) is 5.13. The summed E-state index contributed by atoms with van der Waals surface area (Å²) >= 11 is 0. The largest absolute Gasteiger partial charge is 0.477 e. The number of carboxylic acids is 1. The van der Waals surface area contributed by atoms with Gasteiger partial charge in [-0.3, -0.25) is 4.98 Å². The van der Waals surface area contributed by atoms with Crippen molar-refractivity contribution in [3.8, 4) is 11.3 Å². The van der Waals surface area contributed by atoms with Gasteiger partial charge in [0.1, 0.15) is 5.69 Å². The maximum atomic E-state index is 12.6. The molecule has 0 bridgehead atoms. The third-order valence-corrected chi connectivity index (χ3v) is 2.46. The average Bonchev–Trinajstić information content (AvgIpc) is 2.37. The molecule has 8 heteroatoms. The van der Waals surface area contributed by atoms with Crippen LogP contribution in [-0.4, -0.2) is 21.0 Å². The minimum atomic E-state index is -4.53. The van der Waals surface area contributed by atoms with Crippen molar-refractivity contribution >= 4 is 5.97 Å². The lowest BCUT2D eigenvalue weighted by molar-refractivity contribution is -0.137. The molecule has 5 nitrogen and oxygen atoms in total. The normalized spacial score (nSPS) is 11.3. The SMILES string of the molecule is O=C(O)c1cc(-c2cccc(C(F)(F)F)c2)nc(=O)[nH]1. The van der Waals surface area contributed by atoms with E-state index in [2.05, 4.69) is 4.98 Å². The first-order valence-electron chi connectivity index (χ1n) is 5.29. The fourth-order valence-electron chi connectivity index (χ4n) is 1.58. The molecule has 2 aromatic rings. The molecular formula is C12H7F3N2O3. The van der Waals surface area contributed by atoms with E-state index in [1.165, 1.54) is 6.07 Å². The van der Waals surface area contributed by atoms with E-state index in [0.717, 1.165) is 24.3 Å². The quantitative estimate of drug-likeness (QED) is 0.885. The number of benzene rings is 1. The Morgan fingerprint density at radius 1 is 1.25 bits per heavy atom. The summed E-state index contributed by atoms with van der Waals surface area (Å²) in [5.41, 5.74) is -2.44. The van der Waals surface area contributed by atoms with Gasteiger partial charge in [0.25, 0.3) is 0 Å². The molecule has 0 aliphatic heterocycles. The number of carboxylic acid groups (broad SMARTS) is 1. The summed E-state index contributed by atoms with van der Waals surface area (Å²) in [5, 5.41) is 8.79. The Morgan fingerprint density at radius 3 is 2.55 bits per heavy atom. The van der Waals surface area contributed by atoms with Crippen molar-refractivity contribution < 1.29 is 23.1 Å². The zero-order valence-electron chi connectivity index (χ0n) is 9.73. The summed E-state index contributed by atoms with van der Waals surface area (Å²) in [7, 11) is 0. The molecule has 0 unspecified atom stereocenters. The van der Waals surface area contributed by atoms with Gasteiger partial charge in [0.2, 0.25) is 0 Å². The third-order valence-electron chi connectivity index (χ3n) is 2.46. The zero-order chi connectivity index (χ0) is 14.9. The third kappa shape index (κ3) is 2.85. The first-order valence-corrected chi connectivity index (χ1v) is 5.29. The molecule has 0 saturated heterocycles. The Labute approximate surface area is 109 Å². The minimum absolute atomic E-state index is 0.00780. The van der Waals surface area contributed by atoms with Crippen LogP contribution in [0.25, 0.3) is 11.3 Å². The second-order valence-electron chi connectivity index (χ2n) is 3.87. The number of aromatic amines is 1. The van der Waals surface area contributed by atoms with E-state index in [0.29, 0.717) is 0 Å². The van der Waals surface area contributed by atoms with Gasteiger partial charge in [-0.2, -0.15) is 18.2 Å². The second-order valence-corrected chi connectivity index (χ2v) is 3.87. The number of carbonyl (C=O) groups is 1. The van der Waals surface area contributed by atoms with Gasteiger partial charge in [-0.1, -0.05) is 12.1 Å². The van der Waals surface area contributed by atoms with Gasteiger partial charge in [-0.05, 0) is 18.2 Å². The lowest BCUT2D eigenvalue weighted by Gasteiger charge is -2.08. The molecule has 0 atom stereocenters. The molecule has 1 heterocycles. The summed E-state index contributed by atoms with van der Waals surface area (Å²) in [6.45, 7) is 0. The molecule has 0 amide bonds. The summed E-state index contributed by atoms with van der Waals surface area (Å²) in [6.07, 6.45) is -4.53. The van der Waals surface area contributed by atoms with Crippen LogP contribution in [-0.2, 0) is 6.18 Å². The Kier molecular flexibility index (Phi) is 3.31. The topological polar surface area (TPSA) is 83.0 Å². The minimum Gasteiger partial charge on any atom is -0.477 e. The van der Waals surface area contributed by atoms with E-state index in [9.17, 15) is 22.8 Å². The van der Waals surface area contributed by atoms with Crippen LogP contribution in [0.2, 0.25) is 0 Å². The Hall–Kier alpha value is -2.64. The van der Waals surface area contributed by atoms with Gasteiger partial charge in [0, 0.05) is 5.56 Å². The van der Waals surface area contributed by atoms with Crippen molar-refractivity contribution in [3.63, 3.8) is 0 Å². The number of aromatic nitrogens is 2. The fourth-order valence-corrected chi connectivity index (χ4v) is 1.58. The highest BCUT2D eigenvalue weighted by atomic mass is 19.4. The molecular weight excluding hydrogens is 277 g/mol. The number of halogens is 3. The number of rotatable bonds is 2. The molecule has 1 aromatic carbocycles. The number of H-pyrrole nitrogens is 1. The summed E-state index contributed by atoms with van der Waals surface area (Å²) in [5.74, 6) is -1.40. The van der Waals surface area contributed by atoms with Crippen molar-refractivity contribution in [2.24, 2.45) is 0 Å². The van der Waals surface area contributed by atoms with Crippen LogP contribution in [0.4, 0.5) is 13.2 Å². The van der Waals surface area contributed by atoms with Crippen LogP contribution in [0.5, 0.6) is 0 Å². The van der Waals surface area contributed by atoms with Crippen LogP contribution in [0.1, 0.15) is 16.1 Å². The summed E-state index contributed by atoms with van der Waals surface area (Å²) in [4.78, 5) is 27.4. The van der Waals surface area contributed by atoms with Crippen LogP contribution in [0, 0.1) is 0 Å². The number of nitrogens with zero attached hydrogens (tertiary/aromatic N) is 1. The molecule has 1 aromatic heterocycles. The molecule has 0 fully saturated rings. The van der Waals surface area contributed by atoms with Crippen molar-refractivity contribution in [1.82, 2.24) is 9.97 Å². The van der Waals surface area contributed by atoms with E-state index < -0.39 is 29.1 Å². The molecule has 0 saturated carbocycles. The van der Waals surface area contributed by atoms with E-state index in [1.807, 2.05) is 4.98 Å². The number of hydrogen-bond acceptors (Lipinski definition) is 3. The predicted molar refractivity (Wildman–Crippen MR) is 62.3 cm³/mol. The molecule has 2 N–H and O–H groups in total. The van der Waals surface area contributed by atoms with Gasteiger partial charge in [0.15, 0.2) is 0 Å². The maximum Gasteiger partial charge on any atom is 0.416 e. The average molecular weight is 284 g/mol. The van der Waals surface area contributed by atoms with Gasteiger partial charge >= 0.3 is 17.8 Å². The standard InChI is InChI=1S/C12H7F3N2O3/c13-12(14,15)7-3-1-2-6(4-7)8-5-9(10(18)19)17-11(20)16-8/h1-5H,(H,18,19)(H,16,17,20). The Morgan fingerprint density at radius 2 is 1.95 bits per heavy atom. The fraction of sp³-hybridized carbons (Fsp3) is 0.0833. The van der Waals surface area contributed by atoms with Crippen molar-refractivity contribution in [2.75, 3.05) is 0 Å². The smallest absolute Gasteiger partial charge is 0.416 e. The molecule has 0 aliphatic rings. The Balaban J connectivity index is 2.57. The maximum absolute atomic E-state index is 12.6. The molecule has 0 aliphatic carbocycles. The monoisotopic (exact) mass is 284 g/mol. The Bertz CT molecular complexity index is 722. The van der Waals surface area contributed by atoms with Crippen molar-refractivity contribution in [3.05, 3.63) is 52.1 Å². The van der Waals surface area contributed by atoms with Gasteiger partial charge in [-0.25, -0.2) is 9.59 Å². The first kappa shape index (κ1) is 13.8. The lowest BCUT2D eigenvalue weighted by atomic mass is 10.1. The van der Waals surface area contributed by atoms with E-state index in [-0.39, 0.29) is 11.3 Å². The molecule has 104 valence electrons. The van der Waals surface area contributed by atoms with E-state index >= 15 is 0 Å². The van der Waals surface area contributed by atoms with E-state index in [1.54, 1.807) is 0 Å². The predicted octanol–water partition coefficient (Wildman–Crippen LogP) is 2.15. The van der Waals surface area contributed by atoms with Crippen LogP contribution >= 0.6 is 0 Å². The highest BCUT2D eigenvalue weighted by Gasteiger charge is 2.30. The molecule has 0 spiro atoms. The first-order chi connectivity index (χ1) is 9.27. The zero-order valence-corrected chi connectivity index (χ0v) is 9.73. The van der Waals surface area contributed by atoms with Crippen LogP contribution in [0.3, 0.4) is 0 Å². The van der Waals surface area contributed by atoms with Crippen LogP contribution in [0.15, 0.2) is 35.1 Å². The van der Waals surface area contributed by atoms with Gasteiger partial charge < -0.3 is 5.11 Å². The second kappa shape index (κ2) is 4.80. The highest BCUT2D eigenvalue weighted by molar-refractivity contribution is 5.86. The number of hydrogen-bond donors (Lipinski definition) is 2. The van der Waals surface area contributed by atoms with Crippen molar-refractivity contribution in [2.45, 2.75) is 6.18 Å². The molecule has 2 rings (SSSR count). The van der Waals surface area contributed by atoms with Crippen LogP contribution < -0.4 is 5.69 Å². The lowest BCUT2D eigenvalue weighted by Crippen LogP contribution is -2.16. The summed E-state index contributed by atoms with van der Waals surface area (Å²) < 4.78 is 37.8. The van der Waals surface area contributed by atoms with E-state index in [4.69, 9.17) is 5.11 Å². The highest BCUT2D eigenvalue weighted by Crippen LogP contribution is 2.31. The number of aromatic carboxylic acids is 1. The molecule has 20 heavy (non-hydrogen) atoms. The number of nitrogens with one attached hydrogen (secondary N) is 1. The van der Waals surface area contributed by atoms with Gasteiger partial charge in [-0.15, -0.1) is 0 Å². The number of alkyl halides is 3. The van der Waals surface area contributed by atoms with Gasteiger partial charge in [0.05, 0.1) is 11.3 Å². The van der Waals surface area contributed by atoms with Crippen molar-refractivity contribution in [1.29, 1.82) is 0 Å².